The van der Waals surface area contributed by atoms with Crippen LogP contribution in [-0.4, -0.2) is 36.6 Å². The summed E-state index contributed by atoms with van der Waals surface area (Å²) in [6, 6.07) is 2.14. The van der Waals surface area contributed by atoms with Gasteiger partial charge in [0.05, 0.1) is 0 Å². The first-order chi connectivity index (χ1) is 8.56. The van der Waals surface area contributed by atoms with Gasteiger partial charge in [0.2, 0.25) is 0 Å². The van der Waals surface area contributed by atoms with Gasteiger partial charge in [-0.05, 0) is 32.2 Å². The maximum absolute atomic E-state index is 4.58. The van der Waals surface area contributed by atoms with E-state index in [-0.39, 0.29) is 0 Å². The summed E-state index contributed by atoms with van der Waals surface area (Å²) in [7, 11) is 2.03. The van der Waals surface area contributed by atoms with Gasteiger partial charge in [0.1, 0.15) is 11.6 Å². The summed E-state index contributed by atoms with van der Waals surface area (Å²) in [6.45, 7) is 9.70. The number of aryl methyl sites for hydroxylation is 2. The molecule has 1 atom stereocenters. The molecule has 0 radical (unpaired) electrons. The normalized spacial score (nSPS) is 23.7. The Labute approximate surface area is 110 Å². The number of nitrogens with one attached hydrogen (secondary N) is 1. The molecule has 1 aromatic rings. The molecule has 1 aliphatic heterocycles. The van der Waals surface area contributed by atoms with Gasteiger partial charge in [0, 0.05) is 31.4 Å². The van der Waals surface area contributed by atoms with E-state index in [9.17, 15) is 0 Å². The maximum atomic E-state index is 4.58. The van der Waals surface area contributed by atoms with Crippen molar-refractivity contribution in [2.24, 2.45) is 5.41 Å². The highest BCUT2D eigenvalue weighted by molar-refractivity contribution is 5.41. The molecule has 2 rings (SSSR count). The zero-order chi connectivity index (χ0) is 13.2. The van der Waals surface area contributed by atoms with Crippen molar-refractivity contribution in [3.05, 3.63) is 17.6 Å². The van der Waals surface area contributed by atoms with Crippen LogP contribution in [0.15, 0.2) is 6.07 Å². The molecule has 2 heterocycles. The number of hydrogen-bond acceptors (Lipinski definition) is 4. The van der Waals surface area contributed by atoms with Crippen LogP contribution in [0.1, 0.15) is 31.8 Å². The largest absolute Gasteiger partial charge is 0.356 e. The van der Waals surface area contributed by atoms with Crippen molar-refractivity contribution in [1.82, 2.24) is 15.3 Å². The smallest absolute Gasteiger partial charge is 0.132 e. The van der Waals surface area contributed by atoms with E-state index in [1.165, 1.54) is 6.42 Å². The Kier molecular flexibility index (Phi) is 3.85. The van der Waals surface area contributed by atoms with Crippen LogP contribution in [-0.2, 0) is 6.42 Å². The van der Waals surface area contributed by atoms with Gasteiger partial charge in [-0.15, -0.1) is 0 Å². The molecule has 1 aromatic heterocycles. The number of nitrogens with zero attached hydrogens (tertiary/aromatic N) is 3. The molecular formula is C14H24N4. The predicted molar refractivity (Wildman–Crippen MR) is 75.0 cm³/mol. The van der Waals surface area contributed by atoms with Crippen molar-refractivity contribution in [3.63, 3.8) is 0 Å². The standard InChI is InChI=1S/C14H24N4/c1-5-12-8-13(17-11(2)16-12)18-7-6-14(3,10-18)9-15-4/h8,15H,5-7,9-10H2,1-4H3. The molecule has 18 heavy (non-hydrogen) atoms. The molecule has 0 saturated carbocycles. The Balaban J connectivity index is 2.16. The van der Waals surface area contributed by atoms with Crippen LogP contribution in [0.25, 0.3) is 0 Å². The summed E-state index contributed by atoms with van der Waals surface area (Å²) in [5.41, 5.74) is 1.50. The van der Waals surface area contributed by atoms with Crippen molar-refractivity contribution >= 4 is 5.82 Å². The fourth-order valence-electron chi connectivity index (χ4n) is 2.75. The molecule has 1 saturated heterocycles. The number of anilines is 1. The highest BCUT2D eigenvalue weighted by Crippen LogP contribution is 2.31. The van der Waals surface area contributed by atoms with Crippen LogP contribution in [0, 0.1) is 12.3 Å². The van der Waals surface area contributed by atoms with Gasteiger partial charge in [-0.25, -0.2) is 9.97 Å². The molecule has 1 N–H and O–H groups in total. The third-order valence-electron chi connectivity index (χ3n) is 3.73. The lowest BCUT2D eigenvalue weighted by atomic mass is 9.90. The minimum atomic E-state index is 0.361. The summed E-state index contributed by atoms with van der Waals surface area (Å²) in [5.74, 6) is 1.98. The lowest BCUT2D eigenvalue weighted by Crippen LogP contribution is -2.33. The van der Waals surface area contributed by atoms with Gasteiger partial charge < -0.3 is 10.2 Å². The van der Waals surface area contributed by atoms with Crippen LogP contribution in [0.5, 0.6) is 0 Å². The molecule has 0 bridgehead atoms. The van der Waals surface area contributed by atoms with E-state index in [0.29, 0.717) is 5.41 Å². The highest BCUT2D eigenvalue weighted by Gasteiger charge is 2.33. The Morgan fingerprint density at radius 3 is 2.89 bits per heavy atom. The van der Waals surface area contributed by atoms with Crippen molar-refractivity contribution in [1.29, 1.82) is 0 Å². The molecule has 1 unspecified atom stereocenters. The summed E-state index contributed by atoms with van der Waals surface area (Å²) in [5, 5.41) is 3.30. The van der Waals surface area contributed by atoms with E-state index < -0.39 is 0 Å². The van der Waals surface area contributed by atoms with E-state index >= 15 is 0 Å². The second-order valence-electron chi connectivity index (χ2n) is 5.63. The van der Waals surface area contributed by atoms with Crippen molar-refractivity contribution in [3.8, 4) is 0 Å². The van der Waals surface area contributed by atoms with Gasteiger partial charge in [0.25, 0.3) is 0 Å². The first-order valence-electron chi connectivity index (χ1n) is 6.80. The Morgan fingerprint density at radius 1 is 1.44 bits per heavy atom. The summed E-state index contributed by atoms with van der Waals surface area (Å²) in [6.07, 6.45) is 2.19. The van der Waals surface area contributed by atoms with Crippen LogP contribution in [0.2, 0.25) is 0 Å². The van der Waals surface area contributed by atoms with Gasteiger partial charge in [0.15, 0.2) is 0 Å². The molecule has 0 aromatic carbocycles. The van der Waals surface area contributed by atoms with Crippen LogP contribution in [0.4, 0.5) is 5.82 Å². The number of aromatic nitrogens is 2. The van der Waals surface area contributed by atoms with E-state index in [4.69, 9.17) is 0 Å². The van der Waals surface area contributed by atoms with Gasteiger partial charge in [-0.3, -0.25) is 0 Å². The van der Waals surface area contributed by atoms with Gasteiger partial charge >= 0.3 is 0 Å². The molecule has 1 fully saturated rings. The lowest BCUT2D eigenvalue weighted by Gasteiger charge is -2.25. The van der Waals surface area contributed by atoms with Gasteiger partial charge in [-0.1, -0.05) is 13.8 Å². The summed E-state index contributed by atoms with van der Waals surface area (Å²) < 4.78 is 0. The Bertz CT molecular complexity index is 418. The maximum Gasteiger partial charge on any atom is 0.132 e. The molecular weight excluding hydrogens is 224 g/mol. The topological polar surface area (TPSA) is 41.0 Å². The Hall–Kier alpha value is -1.16. The van der Waals surface area contributed by atoms with E-state index in [1.54, 1.807) is 0 Å². The third-order valence-corrected chi connectivity index (χ3v) is 3.73. The van der Waals surface area contributed by atoms with E-state index in [0.717, 1.165) is 43.4 Å². The SMILES string of the molecule is CCc1cc(N2CCC(C)(CNC)C2)nc(C)n1. The van der Waals surface area contributed by atoms with Crippen molar-refractivity contribution in [2.75, 3.05) is 31.6 Å². The van der Waals surface area contributed by atoms with Crippen molar-refractivity contribution in [2.45, 2.75) is 33.6 Å². The lowest BCUT2D eigenvalue weighted by molar-refractivity contribution is 0.355. The summed E-state index contributed by atoms with van der Waals surface area (Å²) >= 11 is 0. The van der Waals surface area contributed by atoms with Crippen LogP contribution < -0.4 is 10.2 Å². The average Bonchev–Trinajstić information content (AvgIpc) is 2.71. The third kappa shape index (κ3) is 2.80. The average molecular weight is 248 g/mol. The molecule has 0 aliphatic carbocycles. The summed E-state index contributed by atoms with van der Waals surface area (Å²) in [4.78, 5) is 11.4. The molecule has 0 spiro atoms. The quantitative estimate of drug-likeness (QED) is 0.882. The minimum absolute atomic E-state index is 0.361. The second-order valence-corrected chi connectivity index (χ2v) is 5.63. The van der Waals surface area contributed by atoms with E-state index in [2.05, 4.69) is 40.1 Å². The van der Waals surface area contributed by atoms with Crippen LogP contribution in [0.3, 0.4) is 0 Å². The predicted octanol–water partition coefficient (Wildman–Crippen LogP) is 1.78. The van der Waals surface area contributed by atoms with Gasteiger partial charge in [-0.2, -0.15) is 0 Å². The first-order valence-corrected chi connectivity index (χ1v) is 6.80. The monoisotopic (exact) mass is 248 g/mol. The van der Waals surface area contributed by atoms with E-state index in [1.807, 2.05) is 14.0 Å². The molecule has 4 heteroatoms. The highest BCUT2D eigenvalue weighted by atomic mass is 15.2. The first kappa shape index (κ1) is 13.3. The molecule has 4 nitrogen and oxygen atoms in total. The molecule has 1 aliphatic rings. The fourth-order valence-corrected chi connectivity index (χ4v) is 2.75. The van der Waals surface area contributed by atoms with Crippen molar-refractivity contribution < 1.29 is 0 Å². The molecule has 0 amide bonds. The second kappa shape index (κ2) is 5.22. The minimum Gasteiger partial charge on any atom is -0.356 e. The van der Waals surface area contributed by atoms with Crippen LogP contribution >= 0.6 is 0 Å². The zero-order valence-corrected chi connectivity index (χ0v) is 12.0. The Morgan fingerprint density at radius 2 is 2.22 bits per heavy atom. The molecule has 100 valence electrons. The fraction of sp³-hybridized carbons (Fsp3) is 0.714. The zero-order valence-electron chi connectivity index (χ0n) is 12.0. The number of hydrogen-bond donors (Lipinski definition) is 1. The number of rotatable bonds is 4.